The molecule has 9 heteroatoms. The zero-order valence-corrected chi connectivity index (χ0v) is 15.0. The molecule has 3 aromatic rings. The zero-order chi connectivity index (χ0) is 19.4. The van der Waals surface area contributed by atoms with Crippen LogP contribution in [0.15, 0.2) is 70.6 Å². The minimum atomic E-state index is -3.72. The zero-order valence-electron chi connectivity index (χ0n) is 14.2. The van der Waals surface area contributed by atoms with Crippen molar-refractivity contribution in [1.82, 2.24) is 9.55 Å². The highest BCUT2D eigenvalue weighted by molar-refractivity contribution is 7.89. The first-order chi connectivity index (χ1) is 12.8. The van der Waals surface area contributed by atoms with Gasteiger partial charge in [-0.2, -0.15) is 0 Å². The summed E-state index contributed by atoms with van der Waals surface area (Å²) in [6, 6.07) is 11.8. The van der Waals surface area contributed by atoms with Gasteiger partial charge in [-0.05, 0) is 48.4 Å². The Morgan fingerprint density at radius 3 is 2.37 bits per heavy atom. The Morgan fingerprint density at radius 1 is 1.07 bits per heavy atom. The van der Waals surface area contributed by atoms with Crippen molar-refractivity contribution >= 4 is 15.8 Å². The second kappa shape index (κ2) is 7.68. The molecule has 0 aliphatic heterocycles. The number of halogens is 1. The largest absolute Gasteiger partial charge is 0.365 e. The van der Waals surface area contributed by atoms with Crippen LogP contribution in [0, 0.1) is 5.82 Å². The number of anilines is 1. The minimum Gasteiger partial charge on any atom is -0.365 e. The number of rotatable bonds is 6. The lowest BCUT2D eigenvalue weighted by Gasteiger charge is -2.09. The van der Waals surface area contributed by atoms with E-state index in [9.17, 15) is 17.6 Å². The molecule has 0 saturated heterocycles. The summed E-state index contributed by atoms with van der Waals surface area (Å²) < 4.78 is 36.9. The van der Waals surface area contributed by atoms with E-state index in [1.807, 2.05) is 0 Å². The third kappa shape index (κ3) is 4.57. The smallest absolute Gasteiger partial charge is 0.297 e. The number of hydrogen-bond donors (Lipinski definition) is 2. The fourth-order valence-corrected chi connectivity index (χ4v) is 3.02. The molecule has 0 amide bonds. The van der Waals surface area contributed by atoms with Crippen LogP contribution in [0.3, 0.4) is 0 Å². The molecule has 0 atom stereocenters. The highest BCUT2D eigenvalue weighted by Crippen LogP contribution is 2.10. The molecule has 7 nitrogen and oxygen atoms in total. The van der Waals surface area contributed by atoms with Gasteiger partial charge >= 0.3 is 0 Å². The quantitative estimate of drug-likeness (QED) is 0.668. The lowest BCUT2D eigenvalue weighted by Crippen LogP contribution is -2.24. The number of benzene rings is 2. The summed E-state index contributed by atoms with van der Waals surface area (Å²) in [6.07, 6.45) is 3.54. The third-order valence-corrected chi connectivity index (χ3v) is 4.83. The van der Waals surface area contributed by atoms with Gasteiger partial charge in [0.05, 0.1) is 4.90 Å². The van der Waals surface area contributed by atoms with E-state index in [1.54, 1.807) is 12.1 Å². The summed E-state index contributed by atoms with van der Waals surface area (Å²) in [5, 5.41) is 8.03. The molecule has 0 bridgehead atoms. The molecule has 2 aromatic carbocycles. The fourth-order valence-electron chi connectivity index (χ4n) is 2.51. The summed E-state index contributed by atoms with van der Waals surface area (Å²) >= 11 is 0. The van der Waals surface area contributed by atoms with Crippen molar-refractivity contribution in [3.05, 3.63) is 82.7 Å². The van der Waals surface area contributed by atoms with Gasteiger partial charge in [-0.1, -0.05) is 12.1 Å². The molecule has 0 spiro atoms. The molecule has 0 saturated carbocycles. The molecule has 0 radical (unpaired) electrons. The molecular formula is C18H17FN4O3S. The number of nitrogens with two attached hydrogens (primary N) is 1. The molecule has 0 aliphatic rings. The summed E-state index contributed by atoms with van der Waals surface area (Å²) in [5.74, 6) is -0.212. The number of hydrogen-bond acceptors (Lipinski definition) is 5. The van der Waals surface area contributed by atoms with Crippen molar-refractivity contribution in [2.45, 2.75) is 11.3 Å². The molecular weight excluding hydrogens is 371 g/mol. The van der Waals surface area contributed by atoms with Crippen LogP contribution in [0.25, 0.3) is 5.69 Å². The lowest BCUT2D eigenvalue weighted by atomic mass is 10.1. The first-order valence-electron chi connectivity index (χ1n) is 8.04. The molecule has 27 heavy (non-hydrogen) atoms. The third-order valence-electron chi connectivity index (χ3n) is 3.90. The number of nitrogens with one attached hydrogen (secondary N) is 1. The normalized spacial score (nSPS) is 11.3. The SMILES string of the molecule is NS(=O)(=O)c1ccc(CCNc2nccn(-c3ccc(F)cc3)c2=O)cc1. The van der Waals surface area contributed by atoms with Crippen LogP contribution in [0.1, 0.15) is 5.56 Å². The summed E-state index contributed by atoms with van der Waals surface area (Å²) in [7, 11) is -3.72. The second-order valence-corrected chi connectivity index (χ2v) is 7.35. The Bertz CT molecular complexity index is 1090. The highest BCUT2D eigenvalue weighted by atomic mass is 32.2. The van der Waals surface area contributed by atoms with Crippen molar-refractivity contribution < 1.29 is 12.8 Å². The summed E-state index contributed by atoms with van der Waals surface area (Å²) in [6.45, 7) is 0.421. The van der Waals surface area contributed by atoms with Gasteiger partial charge in [-0.15, -0.1) is 0 Å². The minimum absolute atomic E-state index is 0.0473. The Balaban J connectivity index is 1.69. The van der Waals surface area contributed by atoms with Crippen LogP contribution in [0.2, 0.25) is 0 Å². The van der Waals surface area contributed by atoms with Gasteiger partial charge in [0.15, 0.2) is 5.82 Å². The van der Waals surface area contributed by atoms with Gasteiger partial charge in [0.25, 0.3) is 5.56 Å². The maximum atomic E-state index is 13.0. The van der Waals surface area contributed by atoms with Crippen molar-refractivity contribution in [3.63, 3.8) is 0 Å². The van der Waals surface area contributed by atoms with Crippen LogP contribution in [0.5, 0.6) is 0 Å². The number of aromatic nitrogens is 2. The van der Waals surface area contributed by atoms with Crippen LogP contribution in [-0.4, -0.2) is 24.5 Å². The molecule has 1 heterocycles. The monoisotopic (exact) mass is 388 g/mol. The molecule has 3 rings (SSSR count). The Labute approximate surface area is 155 Å². The summed E-state index contributed by atoms with van der Waals surface area (Å²) in [5.41, 5.74) is 1.06. The Kier molecular flexibility index (Phi) is 5.33. The van der Waals surface area contributed by atoms with Crippen molar-refractivity contribution in [3.8, 4) is 5.69 Å². The fraction of sp³-hybridized carbons (Fsp3) is 0.111. The van der Waals surface area contributed by atoms with Crippen LogP contribution >= 0.6 is 0 Å². The lowest BCUT2D eigenvalue weighted by molar-refractivity contribution is 0.597. The number of sulfonamides is 1. The van der Waals surface area contributed by atoms with Crippen molar-refractivity contribution in [1.29, 1.82) is 0 Å². The van der Waals surface area contributed by atoms with Crippen molar-refractivity contribution in [2.75, 3.05) is 11.9 Å². The van der Waals surface area contributed by atoms with Gasteiger partial charge < -0.3 is 5.32 Å². The van der Waals surface area contributed by atoms with E-state index < -0.39 is 10.0 Å². The molecule has 0 aliphatic carbocycles. The van der Waals surface area contributed by atoms with Gasteiger partial charge in [0, 0.05) is 24.6 Å². The van der Waals surface area contributed by atoms with E-state index in [1.165, 1.54) is 53.4 Å². The first-order valence-corrected chi connectivity index (χ1v) is 9.58. The van der Waals surface area contributed by atoms with Crippen LogP contribution in [-0.2, 0) is 16.4 Å². The predicted molar refractivity (Wildman–Crippen MR) is 99.8 cm³/mol. The van der Waals surface area contributed by atoms with Crippen LogP contribution < -0.4 is 16.0 Å². The van der Waals surface area contributed by atoms with Gasteiger partial charge in [0.1, 0.15) is 5.82 Å². The molecule has 3 N–H and O–H groups in total. The maximum Gasteiger partial charge on any atom is 0.297 e. The predicted octanol–water partition coefficient (Wildman–Crippen LogP) is 1.67. The topological polar surface area (TPSA) is 107 Å². The van der Waals surface area contributed by atoms with Gasteiger partial charge in [-0.3, -0.25) is 9.36 Å². The number of nitrogens with zero attached hydrogens (tertiary/aromatic N) is 2. The van der Waals surface area contributed by atoms with E-state index >= 15 is 0 Å². The molecule has 1 aromatic heterocycles. The van der Waals surface area contributed by atoms with Gasteiger partial charge in [-0.25, -0.2) is 22.9 Å². The van der Waals surface area contributed by atoms with E-state index in [0.29, 0.717) is 18.7 Å². The standard InChI is InChI=1S/C18H17FN4O3S/c19-14-3-5-15(6-4-14)23-12-11-22-17(18(23)24)21-10-9-13-1-7-16(8-2-13)27(20,25)26/h1-8,11-12H,9-10H2,(H,21,22)(H2,20,25,26). The Hall–Kier alpha value is -3.04. The highest BCUT2D eigenvalue weighted by Gasteiger charge is 2.08. The van der Waals surface area contributed by atoms with E-state index in [-0.39, 0.29) is 22.1 Å². The van der Waals surface area contributed by atoms with Crippen LogP contribution in [0.4, 0.5) is 10.2 Å². The van der Waals surface area contributed by atoms with Crippen molar-refractivity contribution in [2.24, 2.45) is 5.14 Å². The first kappa shape index (κ1) is 18.7. The number of primary sulfonamides is 1. The Morgan fingerprint density at radius 2 is 1.74 bits per heavy atom. The van der Waals surface area contributed by atoms with Gasteiger partial charge in [0.2, 0.25) is 10.0 Å². The molecule has 0 fully saturated rings. The molecule has 0 unspecified atom stereocenters. The van der Waals surface area contributed by atoms with E-state index in [0.717, 1.165) is 5.56 Å². The average molecular weight is 388 g/mol. The maximum absolute atomic E-state index is 13.0. The van der Waals surface area contributed by atoms with E-state index in [2.05, 4.69) is 10.3 Å². The average Bonchev–Trinajstić information content (AvgIpc) is 2.64. The second-order valence-electron chi connectivity index (χ2n) is 5.79. The summed E-state index contributed by atoms with van der Waals surface area (Å²) in [4.78, 5) is 16.6. The molecule has 140 valence electrons. The van der Waals surface area contributed by atoms with E-state index in [4.69, 9.17) is 5.14 Å².